The molecule has 2 atom stereocenters. The first kappa shape index (κ1) is 20.5. The van der Waals surface area contributed by atoms with E-state index in [0.29, 0.717) is 25.9 Å². The third-order valence-corrected chi connectivity index (χ3v) is 5.12. The number of amides is 3. The first-order valence-electron chi connectivity index (χ1n) is 9.45. The Kier molecular flexibility index (Phi) is 5.88. The Morgan fingerprint density at radius 3 is 2.50 bits per heavy atom. The molecule has 0 aliphatic carbocycles. The fourth-order valence-electron chi connectivity index (χ4n) is 3.82. The number of nitrogens with zero attached hydrogens (tertiary/aromatic N) is 2. The minimum Gasteiger partial charge on any atom is -0.444 e. The molecule has 0 radical (unpaired) electrons. The quantitative estimate of drug-likeness (QED) is 0.811. The summed E-state index contributed by atoms with van der Waals surface area (Å²) in [5, 5.41) is 3.06. The number of ether oxygens (including phenoxy) is 1. The summed E-state index contributed by atoms with van der Waals surface area (Å²) in [4.78, 5) is 40.6. The molecule has 0 saturated carbocycles. The standard InChI is InChI=1S/C19H33N3O4/c1-18(2,3)26-17(25)22-11-7-10-19(4,5)15(22)16(24)20-13-8-9-14(23)21(6)12-13/h13,15H,7-12H2,1-6H3,(H,20,24). The van der Waals surface area contributed by atoms with Gasteiger partial charge in [0.2, 0.25) is 11.8 Å². The third-order valence-electron chi connectivity index (χ3n) is 5.12. The van der Waals surface area contributed by atoms with Crippen LogP contribution in [0, 0.1) is 5.41 Å². The van der Waals surface area contributed by atoms with Gasteiger partial charge in [0, 0.05) is 32.6 Å². The van der Waals surface area contributed by atoms with Crippen LogP contribution in [0.3, 0.4) is 0 Å². The Morgan fingerprint density at radius 2 is 1.92 bits per heavy atom. The van der Waals surface area contributed by atoms with E-state index in [1.54, 1.807) is 16.8 Å². The van der Waals surface area contributed by atoms with Crippen molar-refractivity contribution in [2.45, 2.75) is 78.0 Å². The molecule has 3 amide bonds. The minimum atomic E-state index is -0.605. The van der Waals surface area contributed by atoms with E-state index in [9.17, 15) is 14.4 Å². The zero-order valence-electron chi connectivity index (χ0n) is 16.9. The zero-order chi connectivity index (χ0) is 19.7. The highest BCUT2D eigenvalue weighted by atomic mass is 16.6. The summed E-state index contributed by atoms with van der Waals surface area (Å²) < 4.78 is 5.53. The van der Waals surface area contributed by atoms with E-state index in [2.05, 4.69) is 5.32 Å². The number of carbonyl (C=O) groups excluding carboxylic acids is 3. The second-order valence-corrected chi connectivity index (χ2v) is 9.19. The first-order chi connectivity index (χ1) is 11.9. The molecule has 0 spiro atoms. The molecule has 2 fully saturated rings. The molecule has 1 N–H and O–H groups in total. The highest BCUT2D eigenvalue weighted by Crippen LogP contribution is 2.36. The van der Waals surface area contributed by atoms with Crippen LogP contribution in [-0.2, 0) is 14.3 Å². The molecule has 2 aliphatic heterocycles. The largest absolute Gasteiger partial charge is 0.444 e. The van der Waals surface area contributed by atoms with E-state index in [1.807, 2.05) is 34.6 Å². The number of nitrogens with one attached hydrogen (secondary N) is 1. The van der Waals surface area contributed by atoms with E-state index >= 15 is 0 Å². The topological polar surface area (TPSA) is 79.0 Å². The lowest BCUT2D eigenvalue weighted by Crippen LogP contribution is -2.62. The Hall–Kier alpha value is -1.79. The molecule has 2 saturated heterocycles. The summed E-state index contributed by atoms with van der Waals surface area (Å²) >= 11 is 0. The number of carbonyl (C=O) groups is 3. The molecule has 2 rings (SSSR count). The molecular weight excluding hydrogens is 334 g/mol. The van der Waals surface area contributed by atoms with Crippen LogP contribution in [0.15, 0.2) is 0 Å². The van der Waals surface area contributed by atoms with Crippen molar-refractivity contribution in [2.75, 3.05) is 20.1 Å². The van der Waals surface area contributed by atoms with E-state index < -0.39 is 17.7 Å². The molecule has 2 heterocycles. The molecule has 7 heteroatoms. The number of likely N-dealkylation sites (tertiary alicyclic amines) is 2. The van der Waals surface area contributed by atoms with Crippen LogP contribution in [0.25, 0.3) is 0 Å². The summed E-state index contributed by atoms with van der Waals surface area (Å²) in [5.41, 5.74) is -0.943. The molecule has 2 aliphatic rings. The predicted octanol–water partition coefficient (Wildman–Crippen LogP) is 2.15. The summed E-state index contributed by atoms with van der Waals surface area (Å²) in [6.45, 7) is 10.5. The maximum atomic E-state index is 13.1. The van der Waals surface area contributed by atoms with E-state index in [4.69, 9.17) is 4.74 Å². The molecule has 148 valence electrons. The summed E-state index contributed by atoms with van der Waals surface area (Å²) in [7, 11) is 1.75. The van der Waals surface area contributed by atoms with Crippen LogP contribution in [-0.4, -0.2) is 65.5 Å². The van der Waals surface area contributed by atoms with E-state index in [1.165, 1.54) is 0 Å². The predicted molar refractivity (Wildman–Crippen MR) is 98.5 cm³/mol. The third kappa shape index (κ3) is 4.89. The summed E-state index contributed by atoms with van der Waals surface area (Å²) in [5.74, 6) is -0.0582. The first-order valence-corrected chi connectivity index (χ1v) is 9.45. The molecule has 0 aromatic rings. The normalized spacial score (nSPS) is 26.5. The summed E-state index contributed by atoms with van der Waals surface area (Å²) in [6, 6.07) is -0.655. The Morgan fingerprint density at radius 1 is 1.27 bits per heavy atom. The maximum absolute atomic E-state index is 13.1. The van der Waals surface area contributed by atoms with Gasteiger partial charge in [0.15, 0.2) is 0 Å². The lowest BCUT2D eigenvalue weighted by Gasteiger charge is -2.46. The molecule has 26 heavy (non-hydrogen) atoms. The number of hydrogen-bond acceptors (Lipinski definition) is 4. The van der Waals surface area contributed by atoms with Crippen molar-refractivity contribution in [1.29, 1.82) is 0 Å². The van der Waals surface area contributed by atoms with Crippen molar-refractivity contribution < 1.29 is 19.1 Å². The van der Waals surface area contributed by atoms with Crippen LogP contribution in [0.4, 0.5) is 4.79 Å². The molecule has 0 aromatic carbocycles. The SMILES string of the molecule is CN1CC(NC(=O)C2N(C(=O)OC(C)(C)C)CCCC2(C)C)CCC1=O. The van der Waals surface area contributed by atoms with Crippen molar-refractivity contribution in [1.82, 2.24) is 15.1 Å². The lowest BCUT2D eigenvalue weighted by molar-refractivity contribution is -0.137. The Balaban J connectivity index is 2.13. The van der Waals surface area contributed by atoms with Gasteiger partial charge in [0.1, 0.15) is 11.6 Å². The fourth-order valence-corrected chi connectivity index (χ4v) is 3.82. The van der Waals surface area contributed by atoms with Gasteiger partial charge in [-0.3, -0.25) is 14.5 Å². The molecule has 2 unspecified atom stereocenters. The summed E-state index contributed by atoms with van der Waals surface area (Å²) in [6.07, 6.45) is 2.34. The van der Waals surface area contributed by atoms with Gasteiger partial charge in [0.25, 0.3) is 0 Å². The molecular formula is C19H33N3O4. The number of likely N-dealkylation sites (N-methyl/N-ethyl adjacent to an activating group) is 1. The second-order valence-electron chi connectivity index (χ2n) is 9.19. The lowest BCUT2D eigenvalue weighted by atomic mass is 9.76. The Bertz CT molecular complexity index is 568. The van der Waals surface area contributed by atoms with E-state index in [0.717, 1.165) is 12.8 Å². The van der Waals surface area contributed by atoms with Gasteiger partial charge in [-0.05, 0) is 45.4 Å². The van der Waals surface area contributed by atoms with Gasteiger partial charge >= 0.3 is 6.09 Å². The smallest absolute Gasteiger partial charge is 0.410 e. The second kappa shape index (κ2) is 7.45. The number of rotatable bonds is 2. The molecule has 0 bridgehead atoms. The van der Waals surface area contributed by atoms with Crippen LogP contribution in [0.2, 0.25) is 0 Å². The van der Waals surface area contributed by atoms with Gasteiger partial charge in [-0.15, -0.1) is 0 Å². The van der Waals surface area contributed by atoms with Gasteiger partial charge in [0.05, 0.1) is 0 Å². The zero-order valence-corrected chi connectivity index (χ0v) is 16.9. The highest BCUT2D eigenvalue weighted by Gasteiger charge is 2.46. The van der Waals surface area contributed by atoms with Crippen LogP contribution < -0.4 is 5.32 Å². The highest BCUT2D eigenvalue weighted by molar-refractivity contribution is 5.87. The van der Waals surface area contributed by atoms with Crippen molar-refractivity contribution in [3.63, 3.8) is 0 Å². The van der Waals surface area contributed by atoms with Crippen molar-refractivity contribution in [2.24, 2.45) is 5.41 Å². The van der Waals surface area contributed by atoms with Crippen molar-refractivity contribution in [3.05, 3.63) is 0 Å². The van der Waals surface area contributed by atoms with Gasteiger partial charge < -0.3 is 15.0 Å². The number of piperidine rings is 2. The van der Waals surface area contributed by atoms with E-state index in [-0.39, 0.29) is 23.3 Å². The van der Waals surface area contributed by atoms with Crippen LogP contribution >= 0.6 is 0 Å². The number of hydrogen-bond donors (Lipinski definition) is 1. The average molecular weight is 367 g/mol. The van der Waals surface area contributed by atoms with Crippen LogP contribution in [0.5, 0.6) is 0 Å². The Labute approximate surface area is 156 Å². The van der Waals surface area contributed by atoms with Gasteiger partial charge in [-0.2, -0.15) is 0 Å². The molecule has 0 aromatic heterocycles. The van der Waals surface area contributed by atoms with Crippen molar-refractivity contribution >= 4 is 17.9 Å². The minimum absolute atomic E-state index is 0.0802. The molecule has 7 nitrogen and oxygen atoms in total. The van der Waals surface area contributed by atoms with Crippen LogP contribution in [0.1, 0.15) is 60.3 Å². The monoisotopic (exact) mass is 367 g/mol. The van der Waals surface area contributed by atoms with Crippen molar-refractivity contribution in [3.8, 4) is 0 Å². The van der Waals surface area contributed by atoms with Gasteiger partial charge in [-0.25, -0.2) is 4.79 Å². The fraction of sp³-hybridized carbons (Fsp3) is 0.842. The van der Waals surface area contributed by atoms with Gasteiger partial charge in [-0.1, -0.05) is 13.8 Å². The average Bonchev–Trinajstić information content (AvgIpc) is 2.47. The maximum Gasteiger partial charge on any atom is 0.410 e.